The topological polar surface area (TPSA) is 116 Å². The Balaban J connectivity index is 0.00000324. The van der Waals surface area contributed by atoms with Crippen LogP contribution < -0.4 is 5.73 Å². The van der Waals surface area contributed by atoms with Gasteiger partial charge < -0.3 is 15.6 Å². The van der Waals surface area contributed by atoms with Crippen molar-refractivity contribution in [1.29, 1.82) is 0 Å². The summed E-state index contributed by atoms with van der Waals surface area (Å²) < 4.78 is 4.59. The fourth-order valence-electron chi connectivity index (χ4n) is 1.37. The Bertz CT molecular complexity index is 497. The number of ether oxygens (including phenoxy) is 1. The van der Waals surface area contributed by atoms with Gasteiger partial charge in [0.05, 0.1) is 22.9 Å². The van der Waals surface area contributed by atoms with Gasteiger partial charge in [0.15, 0.2) is 0 Å². The summed E-state index contributed by atoms with van der Waals surface area (Å²) in [5, 5.41) is 20.4. The quantitative estimate of drug-likeness (QED) is 0.485. The largest absolute Gasteiger partial charge is 0.506 e. The van der Waals surface area contributed by atoms with Gasteiger partial charge >= 0.3 is 5.97 Å². The van der Waals surface area contributed by atoms with Gasteiger partial charge in [-0.2, -0.15) is 0 Å². The Kier molecular flexibility index (Phi) is 6.74. The lowest BCUT2D eigenvalue weighted by molar-refractivity contribution is -0.385. The van der Waals surface area contributed by atoms with Crippen LogP contribution in [-0.2, 0) is 9.53 Å². The fourth-order valence-corrected chi connectivity index (χ4v) is 1.83. The van der Waals surface area contributed by atoms with Crippen molar-refractivity contribution in [1.82, 2.24) is 0 Å². The number of phenols is 1. The van der Waals surface area contributed by atoms with Gasteiger partial charge in [-0.3, -0.25) is 14.9 Å². The van der Waals surface area contributed by atoms with Gasteiger partial charge in [-0.05, 0) is 15.9 Å². The normalized spacial score (nSPS) is 11.3. The number of nitrogens with two attached hydrogens (primary N) is 1. The first-order valence-electron chi connectivity index (χ1n) is 4.86. The van der Waals surface area contributed by atoms with E-state index in [-0.39, 0.29) is 40.3 Å². The highest BCUT2D eigenvalue weighted by atomic mass is 79.9. The number of nitrogens with zero attached hydrogens (tertiary/aromatic N) is 1. The molecule has 0 aromatic heterocycles. The molecule has 0 radical (unpaired) electrons. The van der Waals surface area contributed by atoms with E-state index in [0.717, 1.165) is 12.1 Å². The van der Waals surface area contributed by atoms with Gasteiger partial charge in [-0.15, -0.1) is 12.4 Å². The van der Waals surface area contributed by atoms with Crippen LogP contribution in [0.2, 0.25) is 0 Å². The summed E-state index contributed by atoms with van der Waals surface area (Å²) in [6.07, 6.45) is -0.183. The summed E-state index contributed by atoms with van der Waals surface area (Å²) in [4.78, 5) is 21.2. The molecule has 0 aliphatic heterocycles. The third-order valence-corrected chi connectivity index (χ3v) is 2.91. The number of methoxy groups -OCH3 is 1. The van der Waals surface area contributed by atoms with E-state index in [0.29, 0.717) is 0 Å². The second-order valence-electron chi connectivity index (χ2n) is 3.51. The molecule has 0 amide bonds. The van der Waals surface area contributed by atoms with E-state index in [2.05, 4.69) is 20.7 Å². The number of rotatable bonds is 4. The predicted octanol–water partition coefficient (Wildman–Crippen LogP) is 2.05. The number of hydrogen-bond donors (Lipinski definition) is 2. The number of benzene rings is 1. The Morgan fingerprint density at radius 3 is 2.68 bits per heavy atom. The number of aromatic hydroxyl groups is 1. The van der Waals surface area contributed by atoms with E-state index >= 15 is 0 Å². The number of carbonyl (C=O) groups excluding carboxylic acids is 1. The zero-order valence-electron chi connectivity index (χ0n) is 9.83. The Morgan fingerprint density at radius 2 is 2.21 bits per heavy atom. The van der Waals surface area contributed by atoms with Gasteiger partial charge in [-0.1, -0.05) is 0 Å². The van der Waals surface area contributed by atoms with Crippen molar-refractivity contribution in [2.45, 2.75) is 12.5 Å². The van der Waals surface area contributed by atoms with E-state index in [1.54, 1.807) is 0 Å². The SMILES string of the molecule is COC(=O)C[C@@H](N)c1cc([N+](=O)[O-])cc(Br)c1O.Cl. The lowest BCUT2D eigenvalue weighted by atomic mass is 10.0. The maximum atomic E-state index is 11.1. The minimum Gasteiger partial charge on any atom is -0.506 e. The van der Waals surface area contributed by atoms with Crippen molar-refractivity contribution in [3.05, 3.63) is 32.3 Å². The highest BCUT2D eigenvalue weighted by Crippen LogP contribution is 2.36. The Hall–Kier alpha value is -1.38. The third kappa shape index (κ3) is 4.34. The summed E-state index contributed by atoms with van der Waals surface area (Å²) in [5.74, 6) is -0.790. The summed E-state index contributed by atoms with van der Waals surface area (Å²) in [6.45, 7) is 0. The molecule has 1 atom stereocenters. The highest BCUT2D eigenvalue weighted by molar-refractivity contribution is 9.10. The number of carbonyl (C=O) groups is 1. The number of hydrogen-bond acceptors (Lipinski definition) is 6. The van der Waals surface area contributed by atoms with Crippen molar-refractivity contribution in [2.24, 2.45) is 5.73 Å². The molecule has 9 heteroatoms. The molecule has 0 aliphatic carbocycles. The molecule has 0 aliphatic rings. The molecule has 0 bridgehead atoms. The molecule has 0 saturated heterocycles. The maximum absolute atomic E-state index is 11.1. The van der Waals surface area contributed by atoms with E-state index in [9.17, 15) is 20.0 Å². The molecule has 19 heavy (non-hydrogen) atoms. The lowest BCUT2D eigenvalue weighted by Crippen LogP contribution is -2.16. The monoisotopic (exact) mass is 354 g/mol. The van der Waals surface area contributed by atoms with Crippen molar-refractivity contribution < 1.29 is 19.6 Å². The maximum Gasteiger partial charge on any atom is 0.307 e. The number of nitro groups is 1. The van der Waals surface area contributed by atoms with Crippen molar-refractivity contribution in [3.63, 3.8) is 0 Å². The van der Waals surface area contributed by atoms with Crippen LogP contribution >= 0.6 is 28.3 Å². The molecular formula is C10H12BrClN2O5. The molecule has 0 heterocycles. The minimum absolute atomic E-state index is 0. The number of esters is 1. The molecule has 1 aromatic rings. The Morgan fingerprint density at radius 1 is 1.63 bits per heavy atom. The van der Waals surface area contributed by atoms with Gasteiger partial charge in [0, 0.05) is 23.7 Å². The second-order valence-corrected chi connectivity index (χ2v) is 4.36. The smallest absolute Gasteiger partial charge is 0.307 e. The van der Waals surface area contributed by atoms with Crippen molar-refractivity contribution >= 4 is 40.0 Å². The fraction of sp³-hybridized carbons (Fsp3) is 0.300. The van der Waals surface area contributed by atoms with Gasteiger partial charge in [-0.25, -0.2) is 0 Å². The molecule has 1 aromatic carbocycles. The number of phenolic OH excluding ortho intramolecular Hbond substituents is 1. The lowest BCUT2D eigenvalue weighted by Gasteiger charge is -2.13. The van der Waals surface area contributed by atoms with E-state index in [4.69, 9.17) is 5.73 Å². The van der Waals surface area contributed by atoms with E-state index < -0.39 is 16.9 Å². The van der Waals surface area contributed by atoms with Crippen LogP contribution in [0.4, 0.5) is 5.69 Å². The predicted molar refractivity (Wildman–Crippen MR) is 73.3 cm³/mol. The summed E-state index contributed by atoms with van der Waals surface area (Å²) in [7, 11) is 1.21. The molecule has 0 fully saturated rings. The molecule has 1 rings (SSSR count). The zero-order valence-corrected chi connectivity index (χ0v) is 12.2. The molecule has 3 N–H and O–H groups in total. The molecule has 0 unspecified atom stereocenters. The first-order valence-corrected chi connectivity index (χ1v) is 5.65. The average Bonchev–Trinajstić information content (AvgIpc) is 2.31. The van der Waals surface area contributed by atoms with Crippen LogP contribution in [0.3, 0.4) is 0 Å². The minimum atomic E-state index is -0.881. The van der Waals surface area contributed by atoms with Crippen LogP contribution in [0.15, 0.2) is 16.6 Å². The third-order valence-electron chi connectivity index (χ3n) is 2.30. The zero-order chi connectivity index (χ0) is 13.9. The van der Waals surface area contributed by atoms with Crippen LogP contribution in [0.1, 0.15) is 18.0 Å². The Labute approximate surface area is 123 Å². The number of non-ortho nitro benzene ring substituents is 1. The molecule has 0 saturated carbocycles. The van der Waals surface area contributed by atoms with E-state index in [1.807, 2.05) is 0 Å². The van der Waals surface area contributed by atoms with Gasteiger partial charge in [0.2, 0.25) is 0 Å². The summed E-state index contributed by atoms with van der Waals surface area (Å²) in [5.41, 5.74) is 5.59. The number of nitro benzene ring substituents is 1. The molecule has 0 spiro atoms. The van der Waals surface area contributed by atoms with Crippen LogP contribution in [-0.4, -0.2) is 23.1 Å². The van der Waals surface area contributed by atoms with Crippen LogP contribution in [0.25, 0.3) is 0 Å². The standard InChI is InChI=1S/C10H11BrN2O5.ClH/c1-18-9(14)4-8(12)6-2-5(13(16)17)3-7(11)10(6)15;/h2-3,8,15H,4,12H2,1H3;1H/t8-;/m1./s1. The van der Waals surface area contributed by atoms with Gasteiger partial charge in [0.1, 0.15) is 5.75 Å². The van der Waals surface area contributed by atoms with Crippen LogP contribution in [0, 0.1) is 10.1 Å². The average molecular weight is 356 g/mol. The summed E-state index contributed by atoms with van der Waals surface area (Å²) in [6, 6.07) is 1.41. The first-order chi connectivity index (χ1) is 8.36. The second kappa shape index (κ2) is 7.27. The number of halogens is 2. The van der Waals surface area contributed by atoms with Crippen LogP contribution in [0.5, 0.6) is 5.75 Å². The molecular weight excluding hydrogens is 343 g/mol. The highest BCUT2D eigenvalue weighted by Gasteiger charge is 2.21. The molecule has 106 valence electrons. The molecule has 7 nitrogen and oxygen atoms in total. The van der Waals surface area contributed by atoms with E-state index in [1.165, 1.54) is 7.11 Å². The van der Waals surface area contributed by atoms with Crippen molar-refractivity contribution in [3.8, 4) is 5.75 Å². The van der Waals surface area contributed by atoms with Crippen molar-refractivity contribution in [2.75, 3.05) is 7.11 Å². The first kappa shape index (κ1) is 17.6. The summed E-state index contributed by atoms with van der Waals surface area (Å²) >= 11 is 2.99. The van der Waals surface area contributed by atoms with Gasteiger partial charge in [0.25, 0.3) is 5.69 Å².